The Hall–Kier alpha value is -1.29. The summed E-state index contributed by atoms with van der Waals surface area (Å²) in [5.41, 5.74) is 0. The molecule has 0 aliphatic heterocycles. The molecule has 0 radical (unpaired) electrons. The Morgan fingerprint density at radius 1 is 0.955 bits per heavy atom. The lowest BCUT2D eigenvalue weighted by Crippen LogP contribution is -2.28. The van der Waals surface area contributed by atoms with Crippen molar-refractivity contribution in [3.8, 4) is 0 Å². The normalized spacial score (nSPS) is 12.3. The number of ether oxygens (including phenoxy) is 1. The molecule has 0 aromatic heterocycles. The minimum absolute atomic E-state index is 1.43. The van der Waals surface area contributed by atoms with Crippen molar-refractivity contribution >= 4 is 10.1 Å². The van der Waals surface area contributed by atoms with Crippen molar-refractivity contribution < 1.29 is 66.7 Å². The van der Waals surface area contributed by atoms with Crippen LogP contribution in [-0.2, 0) is 24.2 Å². The van der Waals surface area contributed by atoms with Crippen LogP contribution in [0, 0.1) is 0 Å². The average molecular weight is 378 g/mol. The molecule has 0 aliphatic carbocycles. The zero-order valence-corrected chi connectivity index (χ0v) is 10.5. The third-order valence-electron chi connectivity index (χ3n) is 1.08. The molecule has 0 amide bonds. The van der Waals surface area contributed by atoms with Gasteiger partial charge in [0.05, 0.1) is 0 Å². The van der Waals surface area contributed by atoms with Crippen LogP contribution in [0.15, 0.2) is 12.1 Å². The molecule has 0 fully saturated rings. The molecule has 5 nitrogen and oxygen atoms in total. The Balaban J connectivity index is 0. The molecular weight excluding hydrogens is 374 g/mol. The first-order valence-corrected chi connectivity index (χ1v) is 5.84. The monoisotopic (exact) mass is 378 g/mol. The van der Waals surface area contributed by atoms with Gasteiger partial charge in [-0.2, -0.15) is 48.5 Å². The van der Waals surface area contributed by atoms with E-state index in [1.807, 2.05) is 0 Å². The van der Waals surface area contributed by atoms with Crippen LogP contribution < -0.4 is 0 Å². The predicted octanol–water partition coefficient (Wildman–Crippen LogP) is 3.66. The number of rotatable bonds is 6. The second-order valence-electron chi connectivity index (χ2n) is 2.91. The molecule has 0 aromatic carbocycles. The van der Waals surface area contributed by atoms with Crippen molar-refractivity contribution in [1.82, 2.24) is 0 Å². The summed E-state index contributed by atoms with van der Waals surface area (Å²) in [7, 11) is -4.43. The molecule has 0 unspecified atom stereocenters. The van der Waals surface area contributed by atoms with Crippen molar-refractivity contribution in [3.63, 3.8) is 0 Å². The van der Waals surface area contributed by atoms with Crippen LogP contribution in [0.25, 0.3) is 0 Å². The Bertz CT molecular complexity index is 453. The summed E-state index contributed by atoms with van der Waals surface area (Å²) in [6, 6.07) is -3.03. The fraction of sp³-hybridized carbons (Fsp3) is 0.667. The van der Waals surface area contributed by atoms with E-state index in [-0.39, 0.29) is 0 Å². The number of hydrogen-bond donors (Lipinski definition) is 0. The Kier molecular flexibility index (Phi) is 9.39. The second-order valence-corrected chi connectivity index (χ2v) is 4.39. The van der Waals surface area contributed by atoms with Crippen molar-refractivity contribution in [2.75, 3.05) is 5.94 Å². The third-order valence-corrected chi connectivity index (χ3v) is 1.65. The van der Waals surface area contributed by atoms with E-state index in [4.69, 9.17) is 0 Å². The maximum atomic E-state index is 12.0. The fourth-order valence-electron chi connectivity index (χ4n) is 0.512. The Morgan fingerprint density at radius 3 is 1.64 bits per heavy atom. The van der Waals surface area contributed by atoms with Crippen LogP contribution in [0.2, 0.25) is 0 Å². The Morgan fingerprint density at radius 2 is 1.41 bits per heavy atom. The summed E-state index contributed by atoms with van der Waals surface area (Å²) in [5, 5.41) is 0. The van der Waals surface area contributed by atoms with E-state index < -0.39 is 46.9 Å². The lowest BCUT2D eigenvalue weighted by atomic mass is 10.4. The van der Waals surface area contributed by atoms with Crippen LogP contribution in [-0.4, -0.2) is 26.6 Å². The molecule has 0 bridgehead atoms. The van der Waals surface area contributed by atoms with E-state index in [0.717, 1.165) is 0 Å². The quantitative estimate of drug-likeness (QED) is 0.522. The fourth-order valence-corrected chi connectivity index (χ4v) is 0.657. The van der Waals surface area contributed by atoms with E-state index in [1.54, 1.807) is 0 Å². The molecule has 16 heteroatoms. The number of alkyl halides is 5. The lowest BCUT2D eigenvalue weighted by molar-refractivity contribution is -0.285. The molecule has 0 saturated heterocycles. The van der Waals surface area contributed by atoms with E-state index >= 15 is 0 Å². The topological polar surface area (TPSA) is 61.8 Å². The van der Waals surface area contributed by atoms with Crippen LogP contribution >= 0.6 is 0 Å². The second kappa shape index (κ2) is 8.99. The van der Waals surface area contributed by atoms with Gasteiger partial charge >= 0.3 is 34.5 Å². The van der Waals surface area contributed by atoms with E-state index in [2.05, 4.69) is 14.1 Å². The summed E-state index contributed by atoms with van der Waals surface area (Å²) in [5.74, 6) is -1.43. The molecule has 0 saturated carbocycles. The van der Waals surface area contributed by atoms with Crippen LogP contribution in [0.4, 0.5) is 44.2 Å². The first kappa shape index (κ1) is 23.0. The van der Waals surface area contributed by atoms with Crippen LogP contribution in [0.5, 0.6) is 0 Å². The average Bonchev–Trinajstić information content (AvgIpc) is 2.25. The summed E-state index contributed by atoms with van der Waals surface area (Å²) in [6.07, 6.45) is -16.5. The first-order chi connectivity index (χ1) is 9.66. The number of halogens is 10. The van der Waals surface area contributed by atoms with Crippen molar-refractivity contribution in [3.05, 3.63) is 12.1 Å². The first-order valence-electron chi connectivity index (χ1n) is 4.26. The van der Waals surface area contributed by atoms with Gasteiger partial charge in [0.15, 0.2) is 0 Å². The molecule has 0 heterocycles. The summed E-state index contributed by atoms with van der Waals surface area (Å²) in [6.45, 7) is 0. The maximum absolute atomic E-state index is 12.0. The molecule has 0 atom stereocenters. The van der Waals surface area contributed by atoms with Gasteiger partial charge in [-0.25, -0.2) is 0 Å². The van der Waals surface area contributed by atoms with Gasteiger partial charge in [-0.15, -0.1) is 0 Å². The van der Waals surface area contributed by atoms with Crippen LogP contribution in [0.3, 0.4) is 0 Å². The highest BCUT2D eigenvalue weighted by atomic mass is 32.2. The molecule has 22 heavy (non-hydrogen) atoms. The summed E-state index contributed by atoms with van der Waals surface area (Å²) >= 11 is 0. The van der Waals surface area contributed by atoms with Crippen molar-refractivity contribution in [1.29, 1.82) is 0 Å². The molecule has 0 aromatic rings. The minimum atomic E-state index is -5.35. The van der Waals surface area contributed by atoms with Gasteiger partial charge in [-0.05, 0) is 9.05 Å². The Labute approximate surface area is 115 Å². The summed E-state index contributed by atoms with van der Waals surface area (Å²) < 4.78 is 137. The number of hydrogen-bond acceptors (Lipinski definition) is 5. The maximum Gasteiger partial charge on any atom is 0.408 e. The van der Waals surface area contributed by atoms with Gasteiger partial charge in [0, 0.05) is 0 Å². The van der Waals surface area contributed by atoms with Gasteiger partial charge < -0.3 is 4.74 Å². The lowest BCUT2D eigenvalue weighted by Gasteiger charge is -2.17. The molecular formula is C6H4F10O5S. The SMILES string of the molecule is FC(F)=C(F)OC(F)(F)CC(F)(F)F.O=S(=O)(COF)OF. The predicted molar refractivity (Wildman–Crippen MR) is 45.2 cm³/mol. The van der Waals surface area contributed by atoms with Gasteiger partial charge in [0.2, 0.25) is 5.94 Å². The van der Waals surface area contributed by atoms with E-state index in [0.29, 0.717) is 0 Å². The third kappa shape index (κ3) is 13.7. The van der Waals surface area contributed by atoms with Gasteiger partial charge in [0.25, 0.3) is 0 Å². The highest BCUT2D eigenvalue weighted by molar-refractivity contribution is 7.86. The molecule has 0 aliphatic rings. The molecule has 0 N–H and O–H groups in total. The van der Waals surface area contributed by atoms with Crippen molar-refractivity contribution in [2.45, 2.75) is 18.7 Å². The van der Waals surface area contributed by atoms with Crippen LogP contribution in [0.1, 0.15) is 6.42 Å². The van der Waals surface area contributed by atoms with Gasteiger partial charge in [0.1, 0.15) is 6.42 Å². The molecule has 0 spiro atoms. The largest absolute Gasteiger partial charge is 0.408 e. The zero-order chi connectivity index (χ0) is 18.2. The highest BCUT2D eigenvalue weighted by Gasteiger charge is 2.46. The molecule has 0 rings (SSSR count). The van der Waals surface area contributed by atoms with E-state index in [9.17, 15) is 52.6 Å². The van der Waals surface area contributed by atoms with Gasteiger partial charge in [-0.1, -0.05) is 4.39 Å². The standard InChI is InChI=1S/C5H2F8O.CH2F2O4S/c6-2(7)3(8)14-5(12,13)1-4(9,10)11;2-6-1-8(4,5)7-3/h1H2;1H2. The van der Waals surface area contributed by atoms with E-state index in [1.165, 1.54) is 0 Å². The minimum Gasteiger partial charge on any atom is -0.402 e. The highest BCUT2D eigenvalue weighted by Crippen LogP contribution is 2.34. The zero-order valence-electron chi connectivity index (χ0n) is 9.64. The van der Waals surface area contributed by atoms with Crippen molar-refractivity contribution in [2.24, 2.45) is 0 Å². The van der Waals surface area contributed by atoms with Gasteiger partial charge in [-0.3, -0.25) is 0 Å². The summed E-state index contributed by atoms with van der Waals surface area (Å²) in [4.78, 5) is 2.54. The smallest absolute Gasteiger partial charge is 0.402 e. The molecule has 134 valence electrons.